The Morgan fingerprint density at radius 2 is 2.22 bits per heavy atom. The molecular weight excluding hydrogens is 298 g/mol. The van der Waals surface area contributed by atoms with Crippen LogP contribution in [0.1, 0.15) is 23.9 Å². The summed E-state index contributed by atoms with van der Waals surface area (Å²) in [7, 11) is 1.64. The van der Waals surface area contributed by atoms with Gasteiger partial charge in [-0.3, -0.25) is 19.8 Å². The second kappa shape index (κ2) is 5.96. The van der Waals surface area contributed by atoms with E-state index >= 15 is 0 Å². The van der Waals surface area contributed by atoms with Gasteiger partial charge in [0.25, 0.3) is 5.56 Å². The van der Waals surface area contributed by atoms with Crippen molar-refractivity contribution in [3.63, 3.8) is 0 Å². The molecular formula is C15H19N5O3. The minimum atomic E-state index is -0.349. The normalized spacial score (nSPS) is 16.0. The molecule has 1 atom stereocenters. The number of hydrogen-bond donors (Lipinski definition) is 1. The molecule has 1 amide bonds. The van der Waals surface area contributed by atoms with Crippen molar-refractivity contribution >= 4 is 11.8 Å². The van der Waals surface area contributed by atoms with Crippen molar-refractivity contribution in [1.29, 1.82) is 0 Å². The predicted molar refractivity (Wildman–Crippen MR) is 82.9 cm³/mol. The maximum atomic E-state index is 12.3. The molecule has 0 saturated carbocycles. The first kappa shape index (κ1) is 15.4. The Kier molecular flexibility index (Phi) is 3.99. The number of hydrogen-bond acceptors (Lipinski definition) is 6. The maximum Gasteiger partial charge on any atom is 0.266 e. The number of carbonyl (C=O) groups excluding carboxylic acids is 1. The lowest BCUT2D eigenvalue weighted by Gasteiger charge is -2.32. The van der Waals surface area contributed by atoms with E-state index in [0.717, 1.165) is 11.3 Å². The van der Waals surface area contributed by atoms with Crippen molar-refractivity contribution in [2.45, 2.75) is 32.9 Å². The third kappa shape index (κ3) is 3.16. The van der Waals surface area contributed by atoms with Crippen molar-refractivity contribution in [3.05, 3.63) is 39.4 Å². The first-order valence-electron chi connectivity index (χ1n) is 7.48. The Labute approximate surface area is 133 Å². The van der Waals surface area contributed by atoms with E-state index in [9.17, 15) is 9.59 Å². The van der Waals surface area contributed by atoms with Crippen LogP contribution in [0.4, 0.5) is 5.88 Å². The number of nitrogens with one attached hydrogen (secondary N) is 1. The summed E-state index contributed by atoms with van der Waals surface area (Å²) in [4.78, 5) is 26.1. The minimum absolute atomic E-state index is 0.139. The van der Waals surface area contributed by atoms with Crippen molar-refractivity contribution in [2.75, 3.05) is 11.9 Å². The molecule has 0 saturated heterocycles. The molecule has 8 heteroatoms. The number of fused-ring (bicyclic) bond motifs is 1. The molecule has 0 bridgehead atoms. The third-order valence-corrected chi connectivity index (χ3v) is 4.07. The second-order valence-electron chi connectivity index (χ2n) is 5.80. The van der Waals surface area contributed by atoms with Crippen LogP contribution in [0.5, 0.6) is 0 Å². The van der Waals surface area contributed by atoms with Crippen LogP contribution in [0.15, 0.2) is 21.5 Å². The fraction of sp³-hybridized carbons (Fsp3) is 0.467. The summed E-state index contributed by atoms with van der Waals surface area (Å²) in [6, 6.07) is 2.92. The zero-order valence-electron chi connectivity index (χ0n) is 13.4. The fourth-order valence-electron chi connectivity index (χ4n) is 2.66. The molecule has 2 aromatic heterocycles. The Morgan fingerprint density at radius 1 is 1.43 bits per heavy atom. The van der Waals surface area contributed by atoms with E-state index in [1.54, 1.807) is 26.1 Å². The van der Waals surface area contributed by atoms with Crippen LogP contribution in [0, 0.1) is 6.92 Å². The van der Waals surface area contributed by atoms with Crippen LogP contribution in [0.3, 0.4) is 0 Å². The maximum absolute atomic E-state index is 12.3. The predicted octanol–water partition coefficient (Wildman–Crippen LogP) is 0.462. The van der Waals surface area contributed by atoms with Gasteiger partial charge in [0.2, 0.25) is 11.8 Å². The van der Waals surface area contributed by atoms with E-state index in [0.29, 0.717) is 31.1 Å². The number of nitrogens with zero attached hydrogens (tertiary/aromatic N) is 4. The monoisotopic (exact) mass is 317 g/mol. The molecule has 0 spiro atoms. The summed E-state index contributed by atoms with van der Waals surface area (Å²) in [6.07, 6.45) is 0.711. The van der Waals surface area contributed by atoms with Crippen molar-refractivity contribution in [2.24, 2.45) is 7.05 Å². The molecule has 0 fully saturated rings. The zero-order chi connectivity index (χ0) is 16.6. The summed E-state index contributed by atoms with van der Waals surface area (Å²) in [6.45, 7) is 4.86. The molecule has 1 N–H and O–H groups in total. The highest BCUT2D eigenvalue weighted by Crippen LogP contribution is 2.18. The largest absolute Gasteiger partial charge is 0.338 e. The van der Waals surface area contributed by atoms with Gasteiger partial charge in [0.1, 0.15) is 0 Å². The van der Waals surface area contributed by atoms with Gasteiger partial charge < -0.3 is 4.52 Å². The van der Waals surface area contributed by atoms with E-state index < -0.39 is 0 Å². The SMILES string of the molecule is Cc1cc(NC(=O)[C@H](C)N2CCc3nn(C)c(=O)cc3C2)on1. The zero-order valence-corrected chi connectivity index (χ0v) is 13.4. The van der Waals surface area contributed by atoms with E-state index in [1.807, 2.05) is 11.8 Å². The summed E-state index contributed by atoms with van der Waals surface area (Å²) in [5.41, 5.74) is 2.37. The summed E-state index contributed by atoms with van der Waals surface area (Å²) < 4.78 is 6.35. The van der Waals surface area contributed by atoms with Gasteiger partial charge in [-0.1, -0.05) is 5.16 Å². The summed E-state index contributed by atoms with van der Waals surface area (Å²) in [5.74, 6) is 0.175. The van der Waals surface area contributed by atoms with Crippen LogP contribution in [-0.2, 0) is 24.8 Å². The van der Waals surface area contributed by atoms with Gasteiger partial charge in [-0.15, -0.1) is 0 Å². The first-order valence-corrected chi connectivity index (χ1v) is 7.48. The molecule has 1 aliphatic rings. The molecule has 8 nitrogen and oxygen atoms in total. The number of anilines is 1. The molecule has 2 aromatic rings. The summed E-state index contributed by atoms with van der Waals surface area (Å²) >= 11 is 0. The van der Waals surface area contributed by atoms with Gasteiger partial charge in [0, 0.05) is 38.7 Å². The van der Waals surface area contributed by atoms with Crippen LogP contribution in [-0.4, -0.2) is 38.3 Å². The average Bonchev–Trinajstić information content (AvgIpc) is 2.92. The molecule has 1 aliphatic heterocycles. The summed E-state index contributed by atoms with van der Waals surface area (Å²) in [5, 5.41) is 10.7. The standard InChI is InChI=1S/C15H19N5O3/c1-9-6-13(23-18-9)16-15(22)10(2)20-5-4-12-11(8-20)7-14(21)19(3)17-12/h6-7,10H,4-5,8H2,1-3H3,(H,16,22)/t10-/m0/s1. The van der Waals surface area contributed by atoms with Crippen LogP contribution >= 0.6 is 0 Å². The van der Waals surface area contributed by atoms with Crippen LogP contribution < -0.4 is 10.9 Å². The molecule has 122 valence electrons. The average molecular weight is 317 g/mol. The smallest absolute Gasteiger partial charge is 0.266 e. The van der Waals surface area contributed by atoms with Gasteiger partial charge in [0.15, 0.2) is 0 Å². The number of carbonyl (C=O) groups is 1. The van der Waals surface area contributed by atoms with Crippen LogP contribution in [0.25, 0.3) is 0 Å². The molecule has 0 aromatic carbocycles. The third-order valence-electron chi connectivity index (χ3n) is 4.07. The van der Waals surface area contributed by atoms with Gasteiger partial charge >= 0.3 is 0 Å². The van der Waals surface area contributed by atoms with E-state index in [-0.39, 0.29) is 17.5 Å². The number of rotatable bonds is 3. The Bertz CT molecular complexity index is 795. The molecule has 0 aliphatic carbocycles. The lowest BCUT2D eigenvalue weighted by Crippen LogP contribution is -2.45. The molecule has 3 heterocycles. The minimum Gasteiger partial charge on any atom is -0.338 e. The highest BCUT2D eigenvalue weighted by atomic mass is 16.5. The lowest BCUT2D eigenvalue weighted by molar-refractivity contribution is -0.121. The van der Waals surface area contributed by atoms with E-state index in [4.69, 9.17) is 4.52 Å². The van der Waals surface area contributed by atoms with Crippen molar-refractivity contribution < 1.29 is 9.32 Å². The topological polar surface area (TPSA) is 93.3 Å². The Morgan fingerprint density at radius 3 is 2.91 bits per heavy atom. The first-order chi connectivity index (χ1) is 10.9. The highest BCUT2D eigenvalue weighted by Gasteiger charge is 2.27. The van der Waals surface area contributed by atoms with E-state index in [2.05, 4.69) is 15.6 Å². The van der Waals surface area contributed by atoms with E-state index in [1.165, 1.54) is 4.68 Å². The lowest BCUT2D eigenvalue weighted by atomic mass is 10.0. The number of aromatic nitrogens is 3. The van der Waals surface area contributed by atoms with Gasteiger partial charge in [-0.25, -0.2) is 4.68 Å². The van der Waals surface area contributed by atoms with Gasteiger partial charge in [0.05, 0.1) is 17.4 Å². The van der Waals surface area contributed by atoms with Crippen molar-refractivity contribution in [1.82, 2.24) is 19.8 Å². The highest BCUT2D eigenvalue weighted by molar-refractivity contribution is 5.93. The molecule has 0 radical (unpaired) electrons. The van der Waals surface area contributed by atoms with Crippen LogP contribution in [0.2, 0.25) is 0 Å². The second-order valence-corrected chi connectivity index (χ2v) is 5.80. The quantitative estimate of drug-likeness (QED) is 0.884. The number of aryl methyl sites for hydroxylation is 2. The van der Waals surface area contributed by atoms with Gasteiger partial charge in [-0.2, -0.15) is 5.10 Å². The Balaban J connectivity index is 1.71. The Hall–Kier alpha value is -2.48. The molecule has 3 rings (SSSR count). The van der Waals surface area contributed by atoms with Crippen molar-refractivity contribution in [3.8, 4) is 0 Å². The fourth-order valence-corrected chi connectivity index (χ4v) is 2.66. The molecule has 23 heavy (non-hydrogen) atoms. The van der Waals surface area contributed by atoms with Gasteiger partial charge in [-0.05, 0) is 19.4 Å². The molecule has 0 unspecified atom stereocenters. The number of amides is 1.